The van der Waals surface area contributed by atoms with E-state index in [0.29, 0.717) is 17.0 Å². The number of pyridine rings is 1. The van der Waals surface area contributed by atoms with Crippen molar-refractivity contribution in [1.82, 2.24) is 14.2 Å². The lowest BCUT2D eigenvalue weighted by atomic mass is 10.1. The first kappa shape index (κ1) is 19.6. The fraction of sp³-hybridized carbons (Fsp3) is 0.316. The van der Waals surface area contributed by atoms with Crippen molar-refractivity contribution in [3.63, 3.8) is 0 Å². The molecule has 0 saturated heterocycles. The monoisotopic (exact) mass is 422 g/mol. The number of carbonyl (C=O) groups excluding carboxylic acids is 1. The Balaban J connectivity index is 1.71. The smallest absolute Gasteiger partial charge is 0.310 e. The van der Waals surface area contributed by atoms with Crippen LogP contribution in [0, 0.1) is 0 Å². The number of thioether (sulfide) groups is 1. The molecule has 3 aromatic rings. The molecule has 2 aromatic heterocycles. The molecule has 1 amide bonds. The second-order valence-corrected chi connectivity index (χ2v) is 8.29. The van der Waals surface area contributed by atoms with Gasteiger partial charge in [-0.25, -0.2) is 9.48 Å². The van der Waals surface area contributed by atoms with Gasteiger partial charge in [-0.05, 0) is 36.8 Å². The van der Waals surface area contributed by atoms with Crippen molar-refractivity contribution in [3.05, 3.63) is 58.6 Å². The fourth-order valence-electron chi connectivity index (χ4n) is 3.25. The molecule has 6 nitrogen and oxygen atoms in total. The Morgan fingerprint density at radius 1 is 1.28 bits per heavy atom. The van der Waals surface area contributed by atoms with Gasteiger partial charge in [0.1, 0.15) is 6.54 Å². The van der Waals surface area contributed by atoms with Gasteiger partial charge in [0.2, 0.25) is 5.91 Å². The van der Waals surface area contributed by atoms with Gasteiger partial charge in [0.15, 0.2) is 5.65 Å². The molecule has 152 valence electrons. The van der Waals surface area contributed by atoms with Crippen LogP contribution in [-0.2, 0) is 17.5 Å². The molecule has 0 fully saturated rings. The van der Waals surface area contributed by atoms with Crippen molar-refractivity contribution in [1.29, 1.82) is 0 Å². The highest BCUT2D eigenvalue weighted by Crippen LogP contribution is 2.41. The molecule has 1 aromatic carbocycles. The Morgan fingerprint density at radius 3 is 2.79 bits per heavy atom. The highest BCUT2D eigenvalue weighted by Gasteiger charge is 2.33. The number of anilines is 1. The summed E-state index contributed by atoms with van der Waals surface area (Å²) in [6, 6.07) is 8.46. The number of halogens is 3. The molecule has 3 heterocycles. The maximum Gasteiger partial charge on any atom is 0.416 e. The number of alkyl halides is 3. The van der Waals surface area contributed by atoms with Crippen LogP contribution in [0.25, 0.3) is 5.65 Å². The van der Waals surface area contributed by atoms with Crippen molar-refractivity contribution < 1.29 is 18.0 Å². The zero-order valence-corrected chi connectivity index (χ0v) is 16.2. The van der Waals surface area contributed by atoms with Crippen LogP contribution in [0.3, 0.4) is 0 Å². The van der Waals surface area contributed by atoms with Gasteiger partial charge in [-0.2, -0.15) is 13.2 Å². The third-order valence-electron chi connectivity index (χ3n) is 4.74. The van der Waals surface area contributed by atoms with Crippen molar-refractivity contribution in [2.24, 2.45) is 0 Å². The Hall–Kier alpha value is -2.75. The Kier molecular flexibility index (Phi) is 4.89. The van der Waals surface area contributed by atoms with E-state index >= 15 is 0 Å². The SMILES string of the molecule is CC1CCN(C(=O)Cn2nc3ccccn3c2=O)c2cc(C(F)(F)F)ccc2S1. The molecule has 29 heavy (non-hydrogen) atoms. The van der Waals surface area contributed by atoms with E-state index in [-0.39, 0.29) is 24.0 Å². The number of aromatic nitrogens is 3. The molecule has 1 aliphatic rings. The van der Waals surface area contributed by atoms with E-state index in [1.54, 1.807) is 24.4 Å². The molecule has 1 atom stereocenters. The second-order valence-electron chi connectivity index (χ2n) is 6.81. The third-order valence-corrected chi connectivity index (χ3v) is 5.98. The summed E-state index contributed by atoms with van der Waals surface area (Å²) in [5.74, 6) is -0.481. The summed E-state index contributed by atoms with van der Waals surface area (Å²) in [6.07, 6.45) is -2.35. The molecule has 1 aliphatic heterocycles. The van der Waals surface area contributed by atoms with Crippen LogP contribution in [-0.4, -0.2) is 31.9 Å². The zero-order chi connectivity index (χ0) is 20.8. The third kappa shape index (κ3) is 3.76. The maximum atomic E-state index is 13.2. The molecule has 10 heteroatoms. The van der Waals surface area contributed by atoms with Gasteiger partial charge in [0.25, 0.3) is 0 Å². The lowest BCUT2D eigenvalue weighted by Gasteiger charge is -2.23. The molecule has 0 N–H and O–H groups in total. The second kappa shape index (κ2) is 7.25. The summed E-state index contributed by atoms with van der Waals surface area (Å²) < 4.78 is 42.0. The molecule has 4 rings (SSSR count). The fourth-order valence-corrected chi connectivity index (χ4v) is 4.35. The van der Waals surface area contributed by atoms with Gasteiger partial charge in [0.05, 0.1) is 11.3 Å². The summed E-state index contributed by atoms with van der Waals surface area (Å²) in [7, 11) is 0. The first-order chi connectivity index (χ1) is 13.7. The van der Waals surface area contributed by atoms with Crippen molar-refractivity contribution >= 4 is 29.0 Å². The number of rotatable bonds is 2. The minimum atomic E-state index is -4.51. The lowest BCUT2D eigenvalue weighted by Crippen LogP contribution is -2.37. The number of carbonyl (C=O) groups is 1. The number of benzene rings is 1. The Labute approximate surface area is 167 Å². The van der Waals surface area contributed by atoms with Gasteiger partial charge >= 0.3 is 11.9 Å². The van der Waals surface area contributed by atoms with E-state index in [0.717, 1.165) is 16.8 Å². The largest absolute Gasteiger partial charge is 0.416 e. The molecule has 0 bridgehead atoms. The summed E-state index contributed by atoms with van der Waals surface area (Å²) >= 11 is 1.44. The maximum absolute atomic E-state index is 13.2. The number of hydrogen-bond donors (Lipinski definition) is 0. The quantitative estimate of drug-likeness (QED) is 0.635. The van der Waals surface area contributed by atoms with Gasteiger partial charge < -0.3 is 4.90 Å². The van der Waals surface area contributed by atoms with Crippen LogP contribution in [0.5, 0.6) is 0 Å². The van der Waals surface area contributed by atoms with Gasteiger partial charge in [-0.15, -0.1) is 16.9 Å². The average molecular weight is 422 g/mol. The van der Waals surface area contributed by atoms with Crippen LogP contribution < -0.4 is 10.6 Å². The number of amides is 1. The van der Waals surface area contributed by atoms with E-state index in [1.807, 2.05) is 6.92 Å². The minimum Gasteiger partial charge on any atom is -0.310 e. The van der Waals surface area contributed by atoms with E-state index < -0.39 is 23.3 Å². The Morgan fingerprint density at radius 2 is 2.07 bits per heavy atom. The first-order valence-corrected chi connectivity index (χ1v) is 9.84. The summed E-state index contributed by atoms with van der Waals surface area (Å²) in [6.45, 7) is 1.88. The highest BCUT2D eigenvalue weighted by molar-refractivity contribution is 8.00. The van der Waals surface area contributed by atoms with Crippen LogP contribution in [0.2, 0.25) is 0 Å². The average Bonchev–Trinajstić information content (AvgIpc) is 2.87. The standard InChI is InChI=1S/C19H17F3N4O2S/c1-12-7-9-24(14-10-13(19(20,21)22)5-6-15(14)29-12)17(27)11-26-18(28)25-8-3-2-4-16(25)23-26/h2-6,8,10,12H,7,9,11H2,1H3. The van der Waals surface area contributed by atoms with Gasteiger partial charge in [-0.3, -0.25) is 9.20 Å². The summed E-state index contributed by atoms with van der Waals surface area (Å²) in [4.78, 5) is 27.4. The van der Waals surface area contributed by atoms with Crippen LogP contribution in [0.15, 0.2) is 52.3 Å². The molecular weight excluding hydrogens is 405 g/mol. The van der Waals surface area contributed by atoms with Crippen molar-refractivity contribution in [2.75, 3.05) is 11.4 Å². The van der Waals surface area contributed by atoms with Gasteiger partial charge in [-0.1, -0.05) is 13.0 Å². The van der Waals surface area contributed by atoms with Crippen LogP contribution >= 0.6 is 11.8 Å². The molecule has 0 saturated carbocycles. The number of nitrogens with zero attached hydrogens (tertiary/aromatic N) is 4. The number of fused-ring (bicyclic) bond motifs is 2. The minimum absolute atomic E-state index is 0.140. The molecule has 0 radical (unpaired) electrons. The van der Waals surface area contributed by atoms with E-state index in [1.165, 1.54) is 27.1 Å². The van der Waals surface area contributed by atoms with E-state index in [2.05, 4.69) is 5.10 Å². The molecule has 1 unspecified atom stereocenters. The lowest BCUT2D eigenvalue weighted by molar-refractivity contribution is -0.137. The van der Waals surface area contributed by atoms with Crippen molar-refractivity contribution in [2.45, 2.75) is 36.2 Å². The number of hydrogen-bond acceptors (Lipinski definition) is 4. The topological polar surface area (TPSA) is 59.6 Å². The van der Waals surface area contributed by atoms with Crippen LogP contribution in [0.4, 0.5) is 18.9 Å². The normalized spacial score (nSPS) is 17.2. The Bertz CT molecular complexity index is 1140. The van der Waals surface area contributed by atoms with Gasteiger partial charge in [0, 0.05) is 22.9 Å². The first-order valence-electron chi connectivity index (χ1n) is 8.96. The summed E-state index contributed by atoms with van der Waals surface area (Å²) in [5.41, 5.74) is -0.675. The zero-order valence-electron chi connectivity index (χ0n) is 15.4. The molecule has 0 aliphatic carbocycles. The predicted molar refractivity (Wildman–Crippen MR) is 103 cm³/mol. The van der Waals surface area contributed by atoms with Crippen molar-refractivity contribution in [3.8, 4) is 0 Å². The molecular formula is C19H17F3N4O2S. The van der Waals surface area contributed by atoms with Crippen LogP contribution in [0.1, 0.15) is 18.9 Å². The predicted octanol–water partition coefficient (Wildman–Crippen LogP) is 3.43. The highest BCUT2D eigenvalue weighted by atomic mass is 32.2. The van der Waals surface area contributed by atoms with E-state index in [4.69, 9.17) is 0 Å². The summed E-state index contributed by atoms with van der Waals surface area (Å²) in [5, 5.41) is 4.27. The van der Waals surface area contributed by atoms with E-state index in [9.17, 15) is 22.8 Å². The molecule has 0 spiro atoms.